The monoisotopic (exact) mass is 424 g/mol. The van der Waals surface area contributed by atoms with Gasteiger partial charge in [-0.05, 0) is 11.6 Å². The van der Waals surface area contributed by atoms with Gasteiger partial charge in [-0.25, -0.2) is 15.1 Å². The molecule has 0 amide bonds. The summed E-state index contributed by atoms with van der Waals surface area (Å²) < 4.78 is 10.1. The Bertz CT molecular complexity index is 725. The summed E-state index contributed by atoms with van der Waals surface area (Å²) in [6.45, 7) is 1.40. The number of hydrogen-bond donors (Lipinski definition) is 5. The van der Waals surface area contributed by atoms with Gasteiger partial charge in [0.2, 0.25) is 0 Å². The van der Waals surface area contributed by atoms with Crippen molar-refractivity contribution in [1.82, 2.24) is 20.5 Å². The molecule has 13 nitrogen and oxygen atoms in total. The third-order valence-corrected chi connectivity index (χ3v) is 3.76. The zero-order valence-corrected chi connectivity index (χ0v) is 15.5. The van der Waals surface area contributed by atoms with Gasteiger partial charge in [0, 0.05) is 25.8 Å². The van der Waals surface area contributed by atoms with Gasteiger partial charge in [-0.3, -0.25) is 14.7 Å². The van der Waals surface area contributed by atoms with E-state index in [1.807, 2.05) is 6.07 Å². The van der Waals surface area contributed by atoms with Crippen molar-refractivity contribution in [2.75, 3.05) is 25.9 Å². The van der Waals surface area contributed by atoms with Crippen LogP contribution >= 0.6 is 19.2 Å². The maximum absolute atomic E-state index is 10.3. The van der Waals surface area contributed by atoms with Gasteiger partial charge in [-0.2, -0.15) is 0 Å². The number of aliphatic carboxylic acids is 1. The van der Waals surface area contributed by atoms with Gasteiger partial charge in [0.25, 0.3) is 5.96 Å². The number of pyridine rings is 1. The van der Waals surface area contributed by atoms with E-state index in [9.17, 15) is 19.5 Å². The Morgan fingerprint density at radius 1 is 1.52 bits per heavy atom. The van der Waals surface area contributed by atoms with Gasteiger partial charge < -0.3 is 25.1 Å². The predicted octanol–water partition coefficient (Wildman–Crippen LogP) is -0.516. The SMILES string of the molecule is O=C(O)CNCP(=O)(O)O.O=[N+]([O-])/N=C1\NCCN1Cc1ccc(Cl)nc1. The van der Waals surface area contributed by atoms with Gasteiger partial charge in [-0.1, -0.05) is 17.7 Å². The molecule has 0 bridgehead atoms. The highest BCUT2D eigenvalue weighted by atomic mass is 35.5. The Morgan fingerprint density at radius 3 is 2.74 bits per heavy atom. The molecular weight excluding hydrogens is 407 g/mol. The number of guanidine groups is 1. The van der Waals surface area contributed by atoms with Crippen LogP contribution in [0.25, 0.3) is 0 Å². The maximum atomic E-state index is 10.3. The molecule has 0 unspecified atom stereocenters. The first-order valence-electron chi connectivity index (χ1n) is 7.36. The molecule has 0 spiro atoms. The zero-order chi connectivity index (χ0) is 20.4. The van der Waals surface area contributed by atoms with E-state index in [-0.39, 0.29) is 5.96 Å². The smallest absolute Gasteiger partial charge is 0.339 e. The number of nitrogens with one attached hydrogen (secondary N) is 2. The number of carboxylic acid groups (broad SMARTS) is 1. The molecule has 1 saturated heterocycles. The fourth-order valence-corrected chi connectivity index (χ4v) is 2.39. The maximum Gasteiger partial charge on any atom is 0.339 e. The third-order valence-electron chi connectivity index (χ3n) is 2.90. The highest BCUT2D eigenvalue weighted by molar-refractivity contribution is 7.51. The van der Waals surface area contributed by atoms with Crippen LogP contribution in [-0.4, -0.2) is 67.7 Å². The molecule has 1 aromatic heterocycles. The van der Waals surface area contributed by atoms with Crippen LogP contribution in [0.4, 0.5) is 0 Å². The summed E-state index contributed by atoms with van der Waals surface area (Å²) in [5.74, 6) is -0.863. The number of hydrazone groups is 1. The molecule has 0 aliphatic carbocycles. The largest absolute Gasteiger partial charge is 0.480 e. The molecular formula is C12H18ClN6O7P. The Labute approximate surface area is 158 Å². The highest BCUT2D eigenvalue weighted by Crippen LogP contribution is 2.31. The Hall–Kier alpha value is -2.31. The summed E-state index contributed by atoms with van der Waals surface area (Å²) in [5, 5.41) is 26.2. The van der Waals surface area contributed by atoms with E-state index >= 15 is 0 Å². The number of rotatable bonds is 7. The molecule has 1 aromatic rings. The van der Waals surface area contributed by atoms with Gasteiger partial charge in [-0.15, -0.1) is 0 Å². The molecule has 1 aliphatic rings. The van der Waals surface area contributed by atoms with Crippen molar-refractivity contribution in [3.8, 4) is 0 Å². The molecule has 0 aromatic carbocycles. The number of nitro groups is 1. The molecule has 1 fully saturated rings. The molecule has 1 aliphatic heterocycles. The van der Waals surface area contributed by atoms with Crippen LogP contribution in [0.2, 0.25) is 5.15 Å². The Kier molecular flexibility index (Phi) is 9.05. The van der Waals surface area contributed by atoms with Crippen LogP contribution in [0.5, 0.6) is 0 Å². The van der Waals surface area contributed by atoms with Gasteiger partial charge in [0.05, 0.1) is 12.8 Å². The van der Waals surface area contributed by atoms with E-state index in [0.717, 1.165) is 5.56 Å². The lowest BCUT2D eigenvalue weighted by atomic mass is 10.3. The summed E-state index contributed by atoms with van der Waals surface area (Å²) in [6.07, 6.45) is 1.05. The van der Waals surface area contributed by atoms with E-state index in [1.54, 1.807) is 17.2 Å². The molecule has 0 saturated carbocycles. The molecule has 15 heteroatoms. The average Bonchev–Trinajstić information content (AvgIpc) is 2.95. The van der Waals surface area contributed by atoms with E-state index < -0.39 is 31.4 Å². The normalized spacial score (nSPS) is 15.1. The lowest BCUT2D eigenvalue weighted by molar-refractivity contribution is -0.485. The fourth-order valence-electron chi connectivity index (χ4n) is 1.88. The first-order chi connectivity index (χ1) is 12.6. The van der Waals surface area contributed by atoms with E-state index in [2.05, 4.69) is 20.7 Å². The van der Waals surface area contributed by atoms with Crippen LogP contribution in [0.15, 0.2) is 23.4 Å². The van der Waals surface area contributed by atoms with Gasteiger partial charge >= 0.3 is 13.6 Å². The van der Waals surface area contributed by atoms with E-state index in [4.69, 9.17) is 26.5 Å². The van der Waals surface area contributed by atoms with Crippen LogP contribution in [0, 0.1) is 10.1 Å². The van der Waals surface area contributed by atoms with Crippen molar-refractivity contribution in [2.24, 2.45) is 5.10 Å². The van der Waals surface area contributed by atoms with Crippen LogP contribution in [0.1, 0.15) is 5.56 Å². The van der Waals surface area contributed by atoms with Crippen molar-refractivity contribution in [3.05, 3.63) is 39.2 Å². The first kappa shape index (κ1) is 22.7. The molecule has 2 heterocycles. The highest BCUT2D eigenvalue weighted by Gasteiger charge is 2.21. The molecule has 5 N–H and O–H groups in total. The standard InChI is InChI=1S/C9H10ClN5O2.C3H8NO5P/c10-8-2-1-7(5-12-8)6-14-4-3-11-9(14)13-15(16)17;5-3(6)1-4-2-10(7,8)9/h1-2,5H,3-4,6H2,(H,11,13);4H,1-2H2,(H,5,6)(H2,7,8,9). The number of nitrogens with zero attached hydrogens (tertiary/aromatic N) is 4. The molecule has 0 atom stereocenters. The van der Waals surface area contributed by atoms with Gasteiger partial charge in [0.1, 0.15) is 10.3 Å². The number of hydrogen-bond acceptors (Lipinski definition) is 6. The number of aromatic nitrogens is 1. The average molecular weight is 425 g/mol. The van der Waals surface area contributed by atoms with Crippen molar-refractivity contribution in [1.29, 1.82) is 0 Å². The topological polar surface area (TPSA) is 191 Å². The summed E-state index contributed by atoms with van der Waals surface area (Å²) in [5.41, 5.74) is 0.925. The molecule has 0 radical (unpaired) electrons. The number of carboxylic acids is 1. The summed E-state index contributed by atoms with van der Waals surface area (Å²) in [4.78, 5) is 42.2. The molecule has 150 valence electrons. The van der Waals surface area contributed by atoms with Crippen molar-refractivity contribution < 1.29 is 29.3 Å². The Balaban J connectivity index is 0.000000314. The number of halogens is 1. The minimum absolute atomic E-state index is 0.282. The lowest BCUT2D eigenvalue weighted by Crippen LogP contribution is -2.30. The molecule has 2 rings (SSSR count). The minimum atomic E-state index is -4.10. The second-order valence-corrected chi connectivity index (χ2v) is 7.18. The zero-order valence-electron chi connectivity index (χ0n) is 13.9. The second-order valence-electron chi connectivity index (χ2n) is 5.14. The third kappa shape index (κ3) is 10.4. The Morgan fingerprint density at radius 2 is 2.22 bits per heavy atom. The minimum Gasteiger partial charge on any atom is -0.480 e. The predicted molar refractivity (Wildman–Crippen MR) is 94.6 cm³/mol. The quantitative estimate of drug-likeness (QED) is 0.164. The summed E-state index contributed by atoms with van der Waals surface area (Å²) >= 11 is 5.68. The number of carbonyl (C=O) groups is 1. The van der Waals surface area contributed by atoms with Crippen LogP contribution in [-0.2, 0) is 15.9 Å². The van der Waals surface area contributed by atoms with Crippen molar-refractivity contribution in [3.63, 3.8) is 0 Å². The van der Waals surface area contributed by atoms with Crippen LogP contribution in [0.3, 0.4) is 0 Å². The second kappa shape index (κ2) is 10.7. The van der Waals surface area contributed by atoms with Gasteiger partial charge in [0.15, 0.2) is 5.03 Å². The molecule has 27 heavy (non-hydrogen) atoms. The fraction of sp³-hybridized carbons (Fsp3) is 0.417. The van der Waals surface area contributed by atoms with Crippen molar-refractivity contribution in [2.45, 2.75) is 6.54 Å². The lowest BCUT2D eigenvalue weighted by Gasteiger charge is -2.14. The summed E-state index contributed by atoms with van der Waals surface area (Å²) in [7, 11) is -4.10. The van der Waals surface area contributed by atoms with Crippen molar-refractivity contribution >= 4 is 31.1 Å². The van der Waals surface area contributed by atoms with E-state index in [1.165, 1.54) is 0 Å². The van der Waals surface area contributed by atoms with E-state index in [0.29, 0.717) is 24.8 Å². The summed E-state index contributed by atoms with van der Waals surface area (Å²) in [6, 6.07) is 3.52. The first-order valence-corrected chi connectivity index (χ1v) is 9.53. The van der Waals surface area contributed by atoms with Crippen LogP contribution < -0.4 is 10.6 Å².